The molecule has 2 saturated heterocycles. The lowest BCUT2D eigenvalue weighted by atomic mass is 10.00. The number of urea groups is 1. The van der Waals surface area contributed by atoms with E-state index >= 15 is 0 Å². The van der Waals surface area contributed by atoms with Crippen molar-refractivity contribution in [1.82, 2.24) is 4.90 Å². The second kappa shape index (κ2) is 7.61. The van der Waals surface area contributed by atoms with E-state index in [1.165, 1.54) is 0 Å². The molecule has 0 unspecified atom stereocenters. The van der Waals surface area contributed by atoms with Crippen LogP contribution in [0.3, 0.4) is 0 Å². The molecule has 29 heavy (non-hydrogen) atoms. The van der Waals surface area contributed by atoms with E-state index in [-0.39, 0.29) is 29.3 Å². The fraction of sp³-hybridized carbons (Fsp3) is 0.636. The highest BCUT2D eigenvalue weighted by Gasteiger charge is 2.54. The van der Waals surface area contributed by atoms with Gasteiger partial charge in [0.1, 0.15) is 6.07 Å². The number of carbonyl (C=O) groups excluding carboxylic acids is 1. The highest BCUT2D eigenvalue weighted by atomic mass is 35.5. The third-order valence-electron chi connectivity index (χ3n) is 6.98. The van der Waals surface area contributed by atoms with Crippen LogP contribution in [0.25, 0.3) is 0 Å². The number of benzene rings is 1. The summed E-state index contributed by atoms with van der Waals surface area (Å²) in [5, 5.41) is 9.80. The predicted molar refractivity (Wildman–Crippen MR) is 120 cm³/mol. The van der Waals surface area contributed by atoms with Crippen molar-refractivity contribution in [3.8, 4) is 6.07 Å². The molecule has 0 radical (unpaired) electrons. The van der Waals surface area contributed by atoms with Crippen molar-refractivity contribution >= 4 is 31.6 Å². The highest BCUT2D eigenvalue weighted by molar-refractivity contribution is 6.74. The Morgan fingerprint density at radius 2 is 2.00 bits per heavy atom. The second-order valence-electron chi connectivity index (χ2n) is 9.70. The van der Waals surface area contributed by atoms with Crippen LogP contribution in [-0.2, 0) is 4.43 Å². The lowest BCUT2D eigenvalue weighted by Crippen LogP contribution is -2.49. The van der Waals surface area contributed by atoms with Crippen molar-refractivity contribution < 1.29 is 9.22 Å². The first-order chi connectivity index (χ1) is 13.4. The minimum absolute atomic E-state index is 0.0204. The van der Waals surface area contributed by atoms with Crippen LogP contribution in [0.15, 0.2) is 12.1 Å². The summed E-state index contributed by atoms with van der Waals surface area (Å²) in [4.78, 5) is 17.2. The number of rotatable bonds is 4. The summed E-state index contributed by atoms with van der Waals surface area (Å²) in [5.41, 5.74) is 2.01. The topological polar surface area (TPSA) is 56.6 Å². The minimum atomic E-state index is -1.94. The molecule has 1 aromatic carbocycles. The van der Waals surface area contributed by atoms with Crippen molar-refractivity contribution in [2.45, 2.75) is 83.8 Å². The zero-order valence-electron chi connectivity index (χ0n) is 18.5. The molecule has 2 amide bonds. The number of nitrogens with zero attached hydrogens (tertiary/aromatic N) is 3. The van der Waals surface area contributed by atoms with Gasteiger partial charge in [-0.15, -0.1) is 0 Å². The maximum Gasteiger partial charge on any atom is 0.325 e. The van der Waals surface area contributed by atoms with E-state index in [2.05, 4.69) is 46.9 Å². The molecule has 0 aromatic heterocycles. The molecule has 3 rings (SSSR count). The van der Waals surface area contributed by atoms with Gasteiger partial charge >= 0.3 is 6.03 Å². The number of amides is 2. The molecule has 1 aromatic rings. The summed E-state index contributed by atoms with van der Waals surface area (Å²) >= 11 is 6.41. The summed E-state index contributed by atoms with van der Waals surface area (Å²) in [7, 11) is -1.94. The standard InChI is InChI=1S/C22H32ClN3O2Si/c1-8-16-20-18(28-29(6,7)22(3,4)5)11-12-25(20)21(27)26(16)17-10-9-15(13-24)19(23)14(17)2/h9-10,16,18,20H,8,11-12H2,1-7H3/t16-,18-,20+/m0/s1. The molecule has 5 nitrogen and oxygen atoms in total. The molecule has 2 aliphatic rings. The number of nitriles is 1. The zero-order chi connectivity index (χ0) is 21.7. The Morgan fingerprint density at radius 1 is 1.34 bits per heavy atom. The summed E-state index contributed by atoms with van der Waals surface area (Å²) in [6.45, 7) is 16.0. The zero-order valence-corrected chi connectivity index (χ0v) is 20.3. The second-order valence-corrected chi connectivity index (χ2v) is 14.8. The van der Waals surface area contributed by atoms with Crippen molar-refractivity contribution in [1.29, 1.82) is 5.26 Å². The molecule has 0 aliphatic carbocycles. The smallest absolute Gasteiger partial charge is 0.325 e. The molecular formula is C22H32ClN3O2Si. The number of carbonyl (C=O) groups is 1. The molecule has 3 atom stereocenters. The molecule has 2 aliphatic heterocycles. The van der Waals surface area contributed by atoms with Crippen LogP contribution < -0.4 is 4.90 Å². The number of halogens is 1. The van der Waals surface area contributed by atoms with Crippen molar-refractivity contribution in [2.75, 3.05) is 11.4 Å². The Bertz CT molecular complexity index is 859. The van der Waals surface area contributed by atoms with Gasteiger partial charge in [0.05, 0.1) is 34.5 Å². The summed E-state index contributed by atoms with van der Waals surface area (Å²) < 4.78 is 6.78. The first-order valence-corrected chi connectivity index (χ1v) is 13.7. The average Bonchev–Trinajstić information content (AvgIpc) is 3.15. The molecule has 0 spiro atoms. The molecule has 2 fully saturated rings. The van der Waals surface area contributed by atoms with Gasteiger partial charge in [-0.25, -0.2) is 4.79 Å². The van der Waals surface area contributed by atoms with Crippen LogP contribution >= 0.6 is 11.6 Å². The van der Waals surface area contributed by atoms with Crippen LogP contribution in [0.4, 0.5) is 10.5 Å². The van der Waals surface area contributed by atoms with Gasteiger partial charge in [0.25, 0.3) is 0 Å². The first-order valence-electron chi connectivity index (χ1n) is 10.4. The van der Waals surface area contributed by atoms with Gasteiger partial charge in [-0.1, -0.05) is 39.3 Å². The van der Waals surface area contributed by atoms with Crippen molar-refractivity contribution in [3.05, 3.63) is 28.3 Å². The van der Waals surface area contributed by atoms with Gasteiger partial charge in [0.15, 0.2) is 8.32 Å². The van der Waals surface area contributed by atoms with Gasteiger partial charge in [-0.2, -0.15) is 5.26 Å². The van der Waals surface area contributed by atoms with E-state index in [0.717, 1.165) is 30.6 Å². The molecule has 0 N–H and O–H groups in total. The van der Waals surface area contributed by atoms with E-state index in [1.54, 1.807) is 6.07 Å². The highest BCUT2D eigenvalue weighted by Crippen LogP contribution is 2.44. The molecule has 0 bridgehead atoms. The fourth-order valence-electron chi connectivity index (χ4n) is 4.31. The Balaban J connectivity index is 1.96. The van der Waals surface area contributed by atoms with Gasteiger partial charge in [0.2, 0.25) is 0 Å². The van der Waals surface area contributed by atoms with E-state index < -0.39 is 8.32 Å². The molecule has 0 saturated carbocycles. The molecule has 2 heterocycles. The normalized spacial score (nSPS) is 24.8. The summed E-state index contributed by atoms with van der Waals surface area (Å²) in [6, 6.07) is 5.78. The Labute approximate surface area is 180 Å². The summed E-state index contributed by atoms with van der Waals surface area (Å²) in [5.74, 6) is 0. The predicted octanol–water partition coefficient (Wildman–Crippen LogP) is 5.70. The van der Waals surface area contributed by atoms with Crippen molar-refractivity contribution in [3.63, 3.8) is 0 Å². The van der Waals surface area contributed by atoms with E-state index in [0.29, 0.717) is 10.6 Å². The van der Waals surface area contributed by atoms with Crippen LogP contribution in [0.5, 0.6) is 0 Å². The maximum atomic E-state index is 13.4. The SMILES string of the molecule is CC[C@H]1[C@@H]2[C@@H](O[Si](C)(C)C(C)(C)C)CCN2C(=O)N1c1ccc(C#N)c(Cl)c1C. The first kappa shape index (κ1) is 22.1. The fourth-order valence-corrected chi connectivity index (χ4v) is 5.88. The number of hydrogen-bond donors (Lipinski definition) is 0. The van der Waals surface area contributed by atoms with Gasteiger partial charge in [-0.3, -0.25) is 4.90 Å². The Morgan fingerprint density at radius 3 is 2.55 bits per heavy atom. The van der Waals surface area contributed by atoms with E-state index in [1.807, 2.05) is 22.8 Å². The summed E-state index contributed by atoms with van der Waals surface area (Å²) in [6.07, 6.45) is 1.78. The minimum Gasteiger partial charge on any atom is -0.412 e. The lowest BCUT2D eigenvalue weighted by Gasteiger charge is -2.40. The third-order valence-corrected chi connectivity index (χ3v) is 12.0. The Kier molecular flexibility index (Phi) is 5.81. The van der Waals surface area contributed by atoms with Crippen LogP contribution in [0, 0.1) is 18.3 Å². The van der Waals surface area contributed by atoms with Gasteiger partial charge in [0, 0.05) is 6.54 Å². The molecule has 158 valence electrons. The molecule has 7 heteroatoms. The quantitative estimate of drug-likeness (QED) is 0.572. The average molecular weight is 434 g/mol. The maximum absolute atomic E-state index is 13.4. The van der Waals surface area contributed by atoms with Crippen molar-refractivity contribution in [2.24, 2.45) is 0 Å². The third kappa shape index (κ3) is 3.58. The number of anilines is 1. The number of fused-ring (bicyclic) bond motifs is 1. The number of hydrogen-bond acceptors (Lipinski definition) is 3. The monoisotopic (exact) mass is 433 g/mol. The van der Waals surface area contributed by atoms with E-state index in [4.69, 9.17) is 16.0 Å². The van der Waals surface area contributed by atoms with Crippen LogP contribution in [-0.4, -0.2) is 44.0 Å². The van der Waals surface area contributed by atoms with E-state index in [9.17, 15) is 10.1 Å². The van der Waals surface area contributed by atoms with Gasteiger partial charge < -0.3 is 9.33 Å². The molecular weight excluding hydrogens is 402 g/mol. The lowest BCUT2D eigenvalue weighted by molar-refractivity contribution is 0.136. The van der Waals surface area contributed by atoms with Gasteiger partial charge in [-0.05, 0) is 55.6 Å². The largest absolute Gasteiger partial charge is 0.412 e. The van der Waals surface area contributed by atoms with Crippen LogP contribution in [0.2, 0.25) is 23.2 Å². The Hall–Kier alpha value is -1.55. The van der Waals surface area contributed by atoms with Crippen LogP contribution in [0.1, 0.15) is 51.7 Å².